The zero-order chi connectivity index (χ0) is 22.8. The van der Waals surface area contributed by atoms with Gasteiger partial charge in [-0.3, -0.25) is 9.67 Å². The van der Waals surface area contributed by atoms with Crippen LogP contribution in [0.1, 0.15) is 24.8 Å². The van der Waals surface area contributed by atoms with Crippen molar-refractivity contribution in [3.63, 3.8) is 0 Å². The van der Waals surface area contributed by atoms with Gasteiger partial charge in [0.15, 0.2) is 5.82 Å². The van der Waals surface area contributed by atoms with E-state index in [-0.39, 0.29) is 12.0 Å². The lowest BCUT2D eigenvalue weighted by molar-refractivity contribution is 0.138. The Morgan fingerprint density at radius 2 is 2.03 bits per heavy atom. The van der Waals surface area contributed by atoms with E-state index in [2.05, 4.69) is 25.4 Å². The van der Waals surface area contributed by atoms with Crippen molar-refractivity contribution >= 4 is 11.8 Å². The topological polar surface area (TPSA) is 94.0 Å². The molecule has 7 nitrogen and oxygen atoms in total. The highest BCUT2D eigenvalue weighted by molar-refractivity contribution is 6.09. The number of halogens is 1. The molecule has 1 aromatic carbocycles. The van der Waals surface area contributed by atoms with Crippen molar-refractivity contribution in [1.29, 1.82) is 0 Å². The normalized spacial score (nSPS) is 25.1. The second-order valence-corrected chi connectivity index (χ2v) is 8.88. The summed E-state index contributed by atoms with van der Waals surface area (Å²) in [5.41, 5.74) is 10.4. The van der Waals surface area contributed by atoms with Gasteiger partial charge in [-0.2, -0.15) is 5.10 Å². The first-order valence-electron chi connectivity index (χ1n) is 11.3. The standard InChI is InChI=1S/C25H28FN7/c1-33-15-21(14-31-33)16-3-2-4-17(7-16)25-29-12-20(13-30-25)19(9-27)11-28-10-18-8-22-5-6-23(32-22)24(18)26/h2-4,7,9,11-15,18,22-24,32H,5-6,8,10,27H2,1H3/b19-9+,28-11?/t18-,22+,23-,24?/m1/s1. The highest BCUT2D eigenvalue weighted by atomic mass is 19.1. The van der Waals surface area contributed by atoms with Crippen LogP contribution >= 0.6 is 0 Å². The minimum Gasteiger partial charge on any atom is -0.404 e. The van der Waals surface area contributed by atoms with E-state index in [9.17, 15) is 4.39 Å². The van der Waals surface area contributed by atoms with Gasteiger partial charge in [0, 0.05) is 84.9 Å². The lowest BCUT2D eigenvalue weighted by atomic mass is 9.90. The minimum absolute atomic E-state index is 0.00827. The van der Waals surface area contributed by atoms with E-state index in [1.54, 1.807) is 23.3 Å². The molecule has 2 saturated heterocycles. The summed E-state index contributed by atoms with van der Waals surface area (Å²) in [5, 5.41) is 7.60. The summed E-state index contributed by atoms with van der Waals surface area (Å²) >= 11 is 0. The van der Waals surface area contributed by atoms with Gasteiger partial charge in [0.25, 0.3) is 0 Å². The summed E-state index contributed by atoms with van der Waals surface area (Å²) in [4.78, 5) is 13.6. The molecule has 5 rings (SSSR count). The number of rotatable bonds is 6. The molecule has 0 saturated carbocycles. The molecule has 1 unspecified atom stereocenters. The summed E-state index contributed by atoms with van der Waals surface area (Å²) in [7, 11) is 1.90. The average Bonchev–Trinajstić information content (AvgIpc) is 3.47. The van der Waals surface area contributed by atoms with Crippen molar-refractivity contribution in [2.45, 2.75) is 37.5 Å². The second kappa shape index (κ2) is 9.23. The van der Waals surface area contributed by atoms with Gasteiger partial charge in [-0.25, -0.2) is 14.4 Å². The SMILES string of the molecule is Cn1cc(-c2cccc(-c3ncc(/C(C=NC[C@H]4C[C@@H]5CC[C@@H](N5)C4F)=C/N)cn3)c2)cn1. The van der Waals surface area contributed by atoms with Crippen LogP contribution in [0.25, 0.3) is 28.1 Å². The van der Waals surface area contributed by atoms with Crippen LogP contribution in [0.3, 0.4) is 0 Å². The third kappa shape index (κ3) is 4.57. The molecule has 3 aromatic rings. The molecule has 4 atom stereocenters. The molecule has 0 amide bonds. The van der Waals surface area contributed by atoms with Crippen molar-refractivity contribution in [1.82, 2.24) is 25.1 Å². The summed E-state index contributed by atoms with van der Waals surface area (Å²) < 4.78 is 16.4. The Labute approximate surface area is 192 Å². The van der Waals surface area contributed by atoms with Crippen molar-refractivity contribution in [2.24, 2.45) is 23.7 Å². The van der Waals surface area contributed by atoms with Crippen LogP contribution in [0.5, 0.6) is 0 Å². The molecule has 0 aliphatic carbocycles. The van der Waals surface area contributed by atoms with Crippen LogP contribution in [0, 0.1) is 5.92 Å². The van der Waals surface area contributed by atoms with Crippen LogP contribution in [-0.4, -0.2) is 50.8 Å². The first-order chi connectivity index (χ1) is 16.1. The van der Waals surface area contributed by atoms with Crippen LogP contribution < -0.4 is 11.1 Å². The number of hydrogen-bond donors (Lipinski definition) is 2. The summed E-state index contributed by atoms with van der Waals surface area (Å²) in [6.07, 6.45) is 12.5. The lowest BCUT2D eigenvalue weighted by Gasteiger charge is -2.31. The van der Waals surface area contributed by atoms with E-state index >= 15 is 0 Å². The number of aryl methyl sites for hydroxylation is 1. The van der Waals surface area contributed by atoms with Gasteiger partial charge >= 0.3 is 0 Å². The molecule has 2 fully saturated rings. The second-order valence-electron chi connectivity index (χ2n) is 8.88. The number of allylic oxidation sites excluding steroid dienone is 1. The highest BCUT2D eigenvalue weighted by Crippen LogP contribution is 2.33. The molecule has 170 valence electrons. The van der Waals surface area contributed by atoms with Crippen LogP contribution in [-0.2, 0) is 7.05 Å². The fraction of sp³-hybridized carbons (Fsp3) is 0.360. The van der Waals surface area contributed by atoms with Crippen molar-refractivity contribution in [3.8, 4) is 22.5 Å². The lowest BCUT2D eigenvalue weighted by Crippen LogP contribution is -2.47. The average molecular weight is 446 g/mol. The van der Waals surface area contributed by atoms with E-state index in [0.29, 0.717) is 18.4 Å². The van der Waals surface area contributed by atoms with Gasteiger partial charge in [0.1, 0.15) is 6.17 Å². The third-order valence-corrected chi connectivity index (χ3v) is 6.59. The predicted octanol–water partition coefficient (Wildman–Crippen LogP) is 3.39. The molecule has 2 bridgehead atoms. The van der Waals surface area contributed by atoms with E-state index < -0.39 is 6.17 Å². The Morgan fingerprint density at radius 3 is 2.79 bits per heavy atom. The summed E-state index contributed by atoms with van der Waals surface area (Å²) in [6, 6.07) is 8.48. The van der Waals surface area contributed by atoms with Gasteiger partial charge in [-0.15, -0.1) is 0 Å². The third-order valence-electron chi connectivity index (χ3n) is 6.59. The maximum Gasteiger partial charge on any atom is 0.159 e. The number of piperidine rings is 1. The highest BCUT2D eigenvalue weighted by Gasteiger charge is 2.41. The number of hydrogen-bond acceptors (Lipinski definition) is 6. The van der Waals surface area contributed by atoms with E-state index in [4.69, 9.17) is 5.73 Å². The molecular formula is C25H28FN7. The maximum absolute atomic E-state index is 14.6. The number of alkyl halides is 1. The molecule has 8 heteroatoms. The summed E-state index contributed by atoms with van der Waals surface area (Å²) in [5.74, 6) is 0.591. The molecule has 3 N–H and O–H groups in total. The quantitative estimate of drug-likeness (QED) is 0.567. The van der Waals surface area contributed by atoms with Gasteiger partial charge in [-0.1, -0.05) is 18.2 Å². The number of aliphatic imine (C=N–C) groups is 1. The Balaban J connectivity index is 1.27. The van der Waals surface area contributed by atoms with Gasteiger partial charge in [0.05, 0.1) is 6.20 Å². The van der Waals surface area contributed by atoms with E-state index in [0.717, 1.165) is 47.1 Å². The monoisotopic (exact) mass is 445 g/mol. The molecule has 0 radical (unpaired) electrons. The molecular weight excluding hydrogens is 417 g/mol. The van der Waals surface area contributed by atoms with Gasteiger partial charge in [-0.05, 0) is 30.9 Å². The molecule has 2 aliphatic heterocycles. The Kier molecular flexibility index (Phi) is 6.00. The Bertz CT molecular complexity index is 1170. The molecule has 4 heterocycles. The number of benzene rings is 1. The Morgan fingerprint density at radius 1 is 1.21 bits per heavy atom. The van der Waals surface area contributed by atoms with Crippen LogP contribution in [0.4, 0.5) is 4.39 Å². The zero-order valence-corrected chi connectivity index (χ0v) is 18.6. The van der Waals surface area contributed by atoms with Crippen molar-refractivity contribution in [3.05, 3.63) is 60.8 Å². The van der Waals surface area contributed by atoms with E-state index in [1.165, 1.54) is 6.20 Å². The van der Waals surface area contributed by atoms with Crippen molar-refractivity contribution in [2.75, 3.05) is 6.54 Å². The number of nitrogens with one attached hydrogen (secondary N) is 1. The molecule has 0 spiro atoms. The minimum atomic E-state index is -0.837. The molecule has 33 heavy (non-hydrogen) atoms. The number of nitrogens with zero attached hydrogens (tertiary/aromatic N) is 5. The van der Waals surface area contributed by atoms with Gasteiger partial charge in [0.2, 0.25) is 0 Å². The van der Waals surface area contributed by atoms with Gasteiger partial charge < -0.3 is 11.1 Å². The summed E-state index contributed by atoms with van der Waals surface area (Å²) in [6.45, 7) is 0.466. The first-order valence-corrected chi connectivity index (χ1v) is 11.3. The van der Waals surface area contributed by atoms with E-state index in [1.807, 2.05) is 43.7 Å². The molecule has 2 aromatic heterocycles. The maximum atomic E-state index is 14.6. The van der Waals surface area contributed by atoms with Crippen LogP contribution in [0.15, 0.2) is 60.2 Å². The fourth-order valence-corrected chi connectivity index (χ4v) is 4.82. The predicted molar refractivity (Wildman–Crippen MR) is 128 cm³/mol. The number of fused-ring (bicyclic) bond motifs is 2. The number of aromatic nitrogens is 4. The smallest absolute Gasteiger partial charge is 0.159 e. The largest absolute Gasteiger partial charge is 0.404 e. The Hall–Kier alpha value is -3.39. The first kappa shape index (κ1) is 21.5. The number of nitrogens with two attached hydrogens (primary N) is 1. The van der Waals surface area contributed by atoms with Crippen molar-refractivity contribution < 1.29 is 4.39 Å². The zero-order valence-electron chi connectivity index (χ0n) is 18.6. The fourth-order valence-electron chi connectivity index (χ4n) is 4.82. The molecule has 2 aliphatic rings. The van der Waals surface area contributed by atoms with Crippen LogP contribution in [0.2, 0.25) is 0 Å².